The Kier molecular flexibility index (Phi) is 6.81. The van der Waals surface area contributed by atoms with E-state index in [-0.39, 0.29) is 24.9 Å². The fourth-order valence-corrected chi connectivity index (χ4v) is 5.35. The molecule has 9 nitrogen and oxygen atoms in total. The maximum atomic E-state index is 13.8. The van der Waals surface area contributed by atoms with Gasteiger partial charge in [0, 0.05) is 50.8 Å². The van der Waals surface area contributed by atoms with Crippen LogP contribution in [0.4, 0.5) is 14.5 Å². The maximum absolute atomic E-state index is 13.8. The zero-order valence-corrected chi connectivity index (χ0v) is 20.6. The van der Waals surface area contributed by atoms with Crippen molar-refractivity contribution in [3.8, 4) is 17.5 Å². The van der Waals surface area contributed by atoms with Crippen LogP contribution >= 0.6 is 0 Å². The van der Waals surface area contributed by atoms with E-state index in [0.29, 0.717) is 62.8 Å². The SMILES string of the molecule is COc1cc(N2CCc3ncnc(OC4CCN(C(=O)C5CCCC(F)(F)C5)C4)c3C2)cnc1OC. The number of halogens is 2. The van der Waals surface area contributed by atoms with E-state index in [0.717, 1.165) is 23.5 Å². The third-order valence-electron chi connectivity index (χ3n) is 7.27. The summed E-state index contributed by atoms with van der Waals surface area (Å²) in [6.45, 7) is 2.17. The average molecular weight is 504 g/mol. The Morgan fingerprint density at radius 1 is 1.11 bits per heavy atom. The third-order valence-corrected chi connectivity index (χ3v) is 7.27. The summed E-state index contributed by atoms with van der Waals surface area (Å²) in [6.07, 6.45) is 4.79. The molecule has 2 unspecified atom stereocenters. The lowest BCUT2D eigenvalue weighted by molar-refractivity contribution is -0.141. The lowest BCUT2D eigenvalue weighted by Crippen LogP contribution is -2.40. The van der Waals surface area contributed by atoms with E-state index >= 15 is 0 Å². The predicted octanol–water partition coefficient (Wildman–Crippen LogP) is 3.26. The number of nitrogens with zero attached hydrogens (tertiary/aromatic N) is 5. The average Bonchev–Trinajstić information content (AvgIpc) is 3.35. The van der Waals surface area contributed by atoms with Crippen molar-refractivity contribution in [3.63, 3.8) is 0 Å². The first-order chi connectivity index (χ1) is 17.4. The van der Waals surface area contributed by atoms with Crippen LogP contribution in [0.25, 0.3) is 0 Å². The highest BCUT2D eigenvalue weighted by Crippen LogP contribution is 2.38. The smallest absolute Gasteiger partial charge is 0.256 e. The van der Waals surface area contributed by atoms with Crippen molar-refractivity contribution in [2.45, 2.75) is 57.1 Å². The standard InChI is InChI=1S/C25H31F2N5O4/c1-34-21-10-17(12-28-23(21)35-2)31-9-6-20-19(14-31)22(30-15-29-20)36-18-5-8-32(13-18)24(33)16-4-3-7-25(26,27)11-16/h10,12,15-16,18H,3-9,11,13-14H2,1-2H3. The predicted molar refractivity (Wildman–Crippen MR) is 127 cm³/mol. The molecule has 2 aromatic rings. The highest BCUT2D eigenvalue weighted by molar-refractivity contribution is 5.79. The molecule has 0 radical (unpaired) electrons. The van der Waals surface area contributed by atoms with Gasteiger partial charge >= 0.3 is 0 Å². The number of amides is 1. The topological polar surface area (TPSA) is 89.9 Å². The molecule has 2 fully saturated rings. The van der Waals surface area contributed by atoms with Crippen molar-refractivity contribution < 1.29 is 27.8 Å². The Labute approximate surface area is 208 Å². The van der Waals surface area contributed by atoms with Crippen molar-refractivity contribution in [2.75, 3.05) is 38.8 Å². The van der Waals surface area contributed by atoms with Crippen LogP contribution in [0.5, 0.6) is 17.5 Å². The fraction of sp³-hybridized carbons (Fsp3) is 0.600. The van der Waals surface area contributed by atoms with Crippen LogP contribution in [0.1, 0.15) is 43.4 Å². The molecule has 0 aromatic carbocycles. The number of hydrogen-bond donors (Lipinski definition) is 0. The molecule has 194 valence electrons. The van der Waals surface area contributed by atoms with Crippen molar-refractivity contribution in [3.05, 3.63) is 29.8 Å². The molecular formula is C25H31F2N5O4. The lowest BCUT2D eigenvalue weighted by Gasteiger charge is -2.31. The zero-order chi connectivity index (χ0) is 25.3. The van der Waals surface area contributed by atoms with Crippen LogP contribution in [0, 0.1) is 5.92 Å². The van der Waals surface area contributed by atoms with Gasteiger partial charge in [0.15, 0.2) is 5.75 Å². The Balaban J connectivity index is 1.26. The highest BCUT2D eigenvalue weighted by atomic mass is 19.3. The molecule has 4 heterocycles. The molecule has 3 aliphatic rings. The van der Waals surface area contributed by atoms with E-state index in [2.05, 4.69) is 19.9 Å². The highest BCUT2D eigenvalue weighted by Gasteiger charge is 2.42. The van der Waals surface area contributed by atoms with E-state index in [1.54, 1.807) is 25.3 Å². The number of carbonyl (C=O) groups is 1. The van der Waals surface area contributed by atoms with E-state index in [1.165, 1.54) is 6.33 Å². The van der Waals surface area contributed by atoms with E-state index < -0.39 is 11.8 Å². The molecule has 1 amide bonds. The number of fused-ring (bicyclic) bond motifs is 1. The summed E-state index contributed by atoms with van der Waals surface area (Å²) in [5.74, 6) is -2.07. The largest absolute Gasteiger partial charge is 0.491 e. The monoisotopic (exact) mass is 503 g/mol. The first-order valence-electron chi connectivity index (χ1n) is 12.4. The molecule has 36 heavy (non-hydrogen) atoms. The number of methoxy groups -OCH3 is 2. The van der Waals surface area contributed by atoms with Gasteiger partial charge in [0.05, 0.1) is 50.5 Å². The zero-order valence-electron chi connectivity index (χ0n) is 20.6. The normalized spacial score (nSPS) is 23.2. The number of pyridine rings is 1. The van der Waals surface area contributed by atoms with E-state index in [4.69, 9.17) is 14.2 Å². The van der Waals surface area contributed by atoms with E-state index in [1.807, 2.05) is 6.07 Å². The minimum absolute atomic E-state index is 0.127. The molecule has 2 atom stereocenters. The molecule has 1 aliphatic carbocycles. The summed E-state index contributed by atoms with van der Waals surface area (Å²) in [4.78, 5) is 29.9. The molecule has 1 saturated heterocycles. The number of ether oxygens (including phenoxy) is 3. The fourth-order valence-electron chi connectivity index (χ4n) is 5.35. The van der Waals surface area contributed by atoms with Crippen molar-refractivity contribution >= 4 is 11.6 Å². The molecular weight excluding hydrogens is 472 g/mol. The van der Waals surface area contributed by atoms with Gasteiger partial charge in [0.25, 0.3) is 5.88 Å². The number of rotatable bonds is 6. The van der Waals surface area contributed by atoms with Crippen LogP contribution in [-0.4, -0.2) is 71.6 Å². The first kappa shape index (κ1) is 24.5. The first-order valence-corrected chi connectivity index (χ1v) is 12.4. The molecule has 11 heteroatoms. The molecule has 5 rings (SSSR count). The summed E-state index contributed by atoms with van der Waals surface area (Å²) in [7, 11) is 3.12. The van der Waals surface area contributed by atoms with Crippen LogP contribution in [0.2, 0.25) is 0 Å². The summed E-state index contributed by atoms with van der Waals surface area (Å²) in [6, 6.07) is 1.89. The van der Waals surface area contributed by atoms with Crippen LogP contribution in [0.15, 0.2) is 18.6 Å². The van der Waals surface area contributed by atoms with Gasteiger partial charge in [-0.25, -0.2) is 23.7 Å². The number of aromatic nitrogens is 3. The van der Waals surface area contributed by atoms with Gasteiger partial charge < -0.3 is 24.0 Å². The summed E-state index contributed by atoms with van der Waals surface area (Å²) in [5, 5.41) is 0. The van der Waals surface area contributed by atoms with Crippen LogP contribution in [-0.2, 0) is 17.8 Å². The second kappa shape index (κ2) is 10.0. The Bertz CT molecular complexity index is 1120. The van der Waals surface area contributed by atoms with Gasteiger partial charge in [0.2, 0.25) is 17.7 Å². The van der Waals surface area contributed by atoms with Gasteiger partial charge in [-0.05, 0) is 12.8 Å². The summed E-state index contributed by atoms with van der Waals surface area (Å²) < 4.78 is 44.6. The van der Waals surface area contributed by atoms with Crippen LogP contribution < -0.4 is 19.1 Å². The van der Waals surface area contributed by atoms with Gasteiger partial charge in [-0.3, -0.25) is 4.79 Å². The Hall–Kier alpha value is -3.24. The second-order valence-corrected chi connectivity index (χ2v) is 9.64. The number of anilines is 1. The molecule has 2 aromatic heterocycles. The number of likely N-dealkylation sites (tertiary alicyclic amines) is 1. The maximum Gasteiger partial charge on any atom is 0.256 e. The minimum atomic E-state index is -2.75. The van der Waals surface area contributed by atoms with Gasteiger partial charge in [0.1, 0.15) is 12.4 Å². The summed E-state index contributed by atoms with van der Waals surface area (Å²) in [5.41, 5.74) is 2.71. The molecule has 1 saturated carbocycles. The molecule has 0 N–H and O–H groups in total. The van der Waals surface area contributed by atoms with Crippen LogP contribution in [0.3, 0.4) is 0 Å². The minimum Gasteiger partial charge on any atom is -0.491 e. The van der Waals surface area contributed by atoms with Crippen molar-refractivity contribution in [1.29, 1.82) is 0 Å². The Morgan fingerprint density at radius 2 is 1.97 bits per heavy atom. The van der Waals surface area contributed by atoms with E-state index in [9.17, 15) is 13.6 Å². The van der Waals surface area contributed by atoms with Gasteiger partial charge in [-0.2, -0.15) is 0 Å². The summed E-state index contributed by atoms with van der Waals surface area (Å²) >= 11 is 0. The van der Waals surface area contributed by atoms with Gasteiger partial charge in [-0.1, -0.05) is 0 Å². The third kappa shape index (κ3) is 5.01. The Morgan fingerprint density at radius 3 is 2.75 bits per heavy atom. The van der Waals surface area contributed by atoms with Crippen molar-refractivity contribution in [2.24, 2.45) is 5.92 Å². The molecule has 0 bridgehead atoms. The number of alkyl halides is 2. The molecule has 0 spiro atoms. The van der Waals surface area contributed by atoms with Gasteiger partial charge in [-0.15, -0.1) is 0 Å². The van der Waals surface area contributed by atoms with Crippen molar-refractivity contribution in [1.82, 2.24) is 19.9 Å². The number of carbonyl (C=O) groups excluding carboxylic acids is 1. The molecule has 2 aliphatic heterocycles. The second-order valence-electron chi connectivity index (χ2n) is 9.64. The lowest BCUT2D eigenvalue weighted by atomic mass is 9.85. The number of hydrogen-bond acceptors (Lipinski definition) is 8. The quantitative estimate of drug-likeness (QED) is 0.594.